The van der Waals surface area contributed by atoms with Gasteiger partial charge in [0, 0.05) is 0 Å². The molecule has 6 heteroatoms. The normalized spacial score (nSPS) is 12.3. The maximum atomic E-state index is 12.0. The van der Waals surface area contributed by atoms with Gasteiger partial charge in [0.25, 0.3) is 0 Å². The van der Waals surface area contributed by atoms with E-state index in [4.69, 9.17) is 10.5 Å². The minimum Gasteiger partial charge on any atom is -0.494 e. The Hall–Kier alpha value is -1.43. The van der Waals surface area contributed by atoms with Crippen LogP contribution in [0.1, 0.15) is 26.7 Å². The quantitative estimate of drug-likeness (QED) is 0.778. The van der Waals surface area contributed by atoms with Crippen molar-refractivity contribution in [2.75, 3.05) is 13.2 Å². The lowest BCUT2D eigenvalue weighted by atomic mass is 9.88. The zero-order chi connectivity index (χ0) is 15.2. The van der Waals surface area contributed by atoms with Gasteiger partial charge < -0.3 is 15.2 Å². The molecule has 0 atom stereocenters. The molecule has 0 unspecified atom stereocenters. The van der Waals surface area contributed by atoms with Crippen LogP contribution in [0.2, 0.25) is 0 Å². The van der Waals surface area contributed by atoms with Crippen molar-refractivity contribution in [2.45, 2.75) is 33.1 Å². The highest BCUT2D eigenvalue weighted by Gasteiger charge is 2.30. The van der Waals surface area contributed by atoms with Gasteiger partial charge in [-0.05, 0) is 49.1 Å². The van der Waals surface area contributed by atoms with Crippen molar-refractivity contribution in [1.82, 2.24) is 0 Å². The third kappa shape index (κ3) is 6.65. The molecule has 1 aromatic carbocycles. The molecular weight excluding hydrogens is 271 g/mol. The van der Waals surface area contributed by atoms with E-state index in [-0.39, 0.29) is 11.2 Å². The third-order valence-electron chi connectivity index (χ3n) is 2.88. The summed E-state index contributed by atoms with van der Waals surface area (Å²) in [5.41, 5.74) is 5.70. The predicted molar refractivity (Wildman–Crippen MR) is 70.7 cm³/mol. The fourth-order valence-corrected chi connectivity index (χ4v) is 1.58. The lowest BCUT2D eigenvalue weighted by Crippen LogP contribution is -2.23. The van der Waals surface area contributed by atoms with Crippen LogP contribution in [-0.2, 0) is 0 Å². The van der Waals surface area contributed by atoms with Crippen molar-refractivity contribution < 1.29 is 22.6 Å². The van der Waals surface area contributed by atoms with E-state index in [2.05, 4.69) is 18.6 Å². The summed E-state index contributed by atoms with van der Waals surface area (Å²) in [5.74, 6) is 0.263. The van der Waals surface area contributed by atoms with Crippen LogP contribution in [0.25, 0.3) is 0 Å². The van der Waals surface area contributed by atoms with Gasteiger partial charge in [0.1, 0.15) is 11.5 Å². The molecule has 0 bridgehead atoms. The molecule has 0 radical (unpaired) electrons. The Kier molecular flexibility index (Phi) is 5.68. The molecule has 20 heavy (non-hydrogen) atoms. The Morgan fingerprint density at radius 2 is 1.60 bits per heavy atom. The van der Waals surface area contributed by atoms with Crippen molar-refractivity contribution in [3.8, 4) is 11.5 Å². The van der Waals surface area contributed by atoms with Crippen LogP contribution in [-0.4, -0.2) is 19.5 Å². The van der Waals surface area contributed by atoms with Gasteiger partial charge in [-0.15, -0.1) is 13.2 Å². The first-order valence-corrected chi connectivity index (χ1v) is 6.40. The first kappa shape index (κ1) is 16.6. The molecule has 0 spiro atoms. The fourth-order valence-electron chi connectivity index (χ4n) is 1.58. The molecule has 0 aliphatic rings. The minimum absolute atomic E-state index is 0.0771. The number of rotatable bonds is 7. The van der Waals surface area contributed by atoms with Gasteiger partial charge >= 0.3 is 6.36 Å². The highest BCUT2D eigenvalue weighted by molar-refractivity contribution is 5.31. The smallest absolute Gasteiger partial charge is 0.494 e. The summed E-state index contributed by atoms with van der Waals surface area (Å²) in [6.07, 6.45) is -2.90. The molecule has 0 aromatic heterocycles. The standard InChI is InChI=1S/C14H20F3NO2/c1-13(2,10-18)8-3-9-19-11-4-6-12(7-5-11)20-14(15,16)17/h4-7H,3,8-10,18H2,1-2H3. The van der Waals surface area contributed by atoms with Crippen LogP contribution < -0.4 is 15.2 Å². The second-order valence-corrected chi connectivity index (χ2v) is 5.34. The van der Waals surface area contributed by atoms with E-state index >= 15 is 0 Å². The van der Waals surface area contributed by atoms with Crippen LogP contribution in [0, 0.1) is 5.41 Å². The van der Waals surface area contributed by atoms with Gasteiger partial charge in [0.2, 0.25) is 0 Å². The molecule has 0 amide bonds. The molecule has 0 saturated carbocycles. The topological polar surface area (TPSA) is 44.5 Å². The number of hydrogen-bond donors (Lipinski definition) is 1. The van der Waals surface area contributed by atoms with Crippen LogP contribution in [0.3, 0.4) is 0 Å². The van der Waals surface area contributed by atoms with E-state index in [1.165, 1.54) is 24.3 Å². The Morgan fingerprint density at radius 3 is 2.10 bits per heavy atom. The summed E-state index contributed by atoms with van der Waals surface area (Å²) >= 11 is 0. The minimum atomic E-state index is -4.67. The maximum Gasteiger partial charge on any atom is 0.573 e. The van der Waals surface area contributed by atoms with Gasteiger partial charge in [0.05, 0.1) is 6.61 Å². The molecule has 114 valence electrons. The monoisotopic (exact) mass is 291 g/mol. The van der Waals surface area contributed by atoms with Gasteiger partial charge in [-0.1, -0.05) is 13.8 Å². The summed E-state index contributed by atoms with van der Waals surface area (Å²) in [5, 5.41) is 0. The third-order valence-corrected chi connectivity index (χ3v) is 2.88. The highest BCUT2D eigenvalue weighted by atomic mass is 19.4. The van der Waals surface area contributed by atoms with Gasteiger partial charge in [-0.2, -0.15) is 0 Å². The number of hydrogen-bond acceptors (Lipinski definition) is 3. The largest absolute Gasteiger partial charge is 0.573 e. The summed E-state index contributed by atoms with van der Waals surface area (Å²) in [7, 11) is 0. The second kappa shape index (κ2) is 6.83. The van der Waals surface area contributed by atoms with Crippen molar-refractivity contribution in [3.05, 3.63) is 24.3 Å². The average molecular weight is 291 g/mol. The van der Waals surface area contributed by atoms with Gasteiger partial charge in [-0.25, -0.2) is 0 Å². The summed E-state index contributed by atoms with van der Waals surface area (Å²) in [6.45, 7) is 5.27. The lowest BCUT2D eigenvalue weighted by molar-refractivity contribution is -0.274. The number of ether oxygens (including phenoxy) is 2. The van der Waals surface area contributed by atoms with Gasteiger partial charge in [-0.3, -0.25) is 0 Å². The Bertz CT molecular complexity index is 402. The lowest BCUT2D eigenvalue weighted by Gasteiger charge is -2.21. The first-order chi connectivity index (χ1) is 9.22. The average Bonchev–Trinajstić information content (AvgIpc) is 2.35. The number of halogens is 3. The van der Waals surface area contributed by atoms with Crippen molar-refractivity contribution in [1.29, 1.82) is 0 Å². The van der Waals surface area contributed by atoms with E-state index in [0.29, 0.717) is 18.9 Å². The first-order valence-electron chi connectivity index (χ1n) is 6.40. The Balaban J connectivity index is 2.35. The van der Waals surface area contributed by atoms with Crippen LogP contribution in [0.5, 0.6) is 11.5 Å². The molecule has 3 nitrogen and oxygen atoms in total. The summed E-state index contributed by atoms with van der Waals surface area (Å²) in [6, 6.07) is 5.36. The zero-order valence-electron chi connectivity index (χ0n) is 11.7. The van der Waals surface area contributed by atoms with E-state index in [1.807, 2.05) is 0 Å². The molecule has 1 rings (SSSR count). The Morgan fingerprint density at radius 1 is 1.05 bits per heavy atom. The van der Waals surface area contributed by atoms with Gasteiger partial charge in [0.15, 0.2) is 0 Å². The highest BCUT2D eigenvalue weighted by Crippen LogP contribution is 2.25. The van der Waals surface area contributed by atoms with Crippen molar-refractivity contribution in [3.63, 3.8) is 0 Å². The van der Waals surface area contributed by atoms with Crippen LogP contribution in [0.4, 0.5) is 13.2 Å². The van der Waals surface area contributed by atoms with E-state index in [9.17, 15) is 13.2 Å². The van der Waals surface area contributed by atoms with Crippen LogP contribution in [0.15, 0.2) is 24.3 Å². The Labute approximate surface area is 116 Å². The molecule has 1 aromatic rings. The molecule has 2 N–H and O–H groups in total. The molecule has 0 aliphatic carbocycles. The second-order valence-electron chi connectivity index (χ2n) is 5.34. The van der Waals surface area contributed by atoms with E-state index in [1.54, 1.807) is 0 Å². The van der Waals surface area contributed by atoms with Crippen molar-refractivity contribution in [2.24, 2.45) is 11.1 Å². The number of nitrogens with two attached hydrogens (primary N) is 1. The molecule has 0 aliphatic heterocycles. The molecule has 0 saturated heterocycles. The SMILES string of the molecule is CC(C)(CN)CCCOc1ccc(OC(F)(F)F)cc1. The van der Waals surface area contributed by atoms with E-state index in [0.717, 1.165) is 12.8 Å². The summed E-state index contributed by atoms with van der Waals surface area (Å²) in [4.78, 5) is 0. The molecule has 0 heterocycles. The maximum absolute atomic E-state index is 12.0. The van der Waals surface area contributed by atoms with Crippen molar-refractivity contribution >= 4 is 0 Å². The van der Waals surface area contributed by atoms with E-state index < -0.39 is 6.36 Å². The van der Waals surface area contributed by atoms with Crippen LogP contribution >= 0.6 is 0 Å². The molecular formula is C14H20F3NO2. The number of alkyl halides is 3. The fraction of sp³-hybridized carbons (Fsp3) is 0.571. The number of benzene rings is 1. The zero-order valence-corrected chi connectivity index (χ0v) is 11.7. The summed E-state index contributed by atoms with van der Waals surface area (Å²) < 4.78 is 45.1. The predicted octanol–water partition coefficient (Wildman–Crippen LogP) is 3.73. The molecule has 0 fully saturated rings.